The highest BCUT2D eigenvalue weighted by atomic mass is 16.5. The number of carbonyl (C=O) groups is 1. The molecule has 0 radical (unpaired) electrons. The fourth-order valence-corrected chi connectivity index (χ4v) is 3.71. The van der Waals surface area contributed by atoms with Gasteiger partial charge in [0.05, 0.1) is 12.7 Å². The van der Waals surface area contributed by atoms with Crippen molar-refractivity contribution in [2.75, 3.05) is 31.3 Å². The van der Waals surface area contributed by atoms with Gasteiger partial charge in [-0.3, -0.25) is 4.79 Å². The van der Waals surface area contributed by atoms with Crippen LogP contribution in [0.15, 0.2) is 34.9 Å². The average Bonchev–Trinajstić information content (AvgIpc) is 3.20. The molecule has 0 unspecified atom stereocenters. The molecule has 2 aromatic rings. The molecule has 24 heavy (non-hydrogen) atoms. The molecule has 4 rings (SSSR count). The van der Waals surface area contributed by atoms with Crippen molar-refractivity contribution >= 4 is 11.6 Å². The van der Waals surface area contributed by atoms with Gasteiger partial charge in [-0.2, -0.15) is 0 Å². The number of para-hydroxylation sites is 1. The zero-order valence-corrected chi connectivity index (χ0v) is 13.7. The fourth-order valence-electron chi connectivity index (χ4n) is 3.71. The maximum Gasteiger partial charge on any atom is 0.297 e. The van der Waals surface area contributed by atoms with Crippen LogP contribution in [0.5, 0.6) is 5.88 Å². The molecule has 1 aromatic carbocycles. The third-order valence-corrected chi connectivity index (χ3v) is 4.91. The van der Waals surface area contributed by atoms with E-state index >= 15 is 0 Å². The smallest absolute Gasteiger partial charge is 0.297 e. The van der Waals surface area contributed by atoms with E-state index in [2.05, 4.69) is 11.2 Å². The Kier molecular flexibility index (Phi) is 3.76. The van der Waals surface area contributed by atoms with Crippen molar-refractivity contribution in [2.45, 2.75) is 25.2 Å². The predicted molar refractivity (Wildman–Crippen MR) is 87.5 cm³/mol. The number of nitrogens with zero attached hydrogens (tertiary/aromatic N) is 2. The number of ether oxygens (including phenoxy) is 2. The van der Waals surface area contributed by atoms with Crippen LogP contribution in [0.4, 0.5) is 5.69 Å². The van der Waals surface area contributed by atoms with Gasteiger partial charge in [-0.15, -0.1) is 0 Å². The molecule has 126 valence electrons. The summed E-state index contributed by atoms with van der Waals surface area (Å²) in [5, 5.41) is 3.79. The van der Waals surface area contributed by atoms with Crippen molar-refractivity contribution < 1.29 is 18.8 Å². The lowest BCUT2D eigenvalue weighted by molar-refractivity contribution is 0.0545. The van der Waals surface area contributed by atoms with Crippen molar-refractivity contribution in [3.63, 3.8) is 0 Å². The summed E-state index contributed by atoms with van der Waals surface area (Å²) in [4.78, 5) is 14.8. The molecular formula is C18H20N2O4. The first-order valence-electron chi connectivity index (χ1n) is 8.32. The number of rotatable bonds is 3. The molecule has 0 saturated carbocycles. The van der Waals surface area contributed by atoms with Crippen molar-refractivity contribution in [1.29, 1.82) is 0 Å². The second-order valence-electron chi connectivity index (χ2n) is 6.26. The molecule has 3 heterocycles. The number of amides is 1. The Morgan fingerprint density at radius 1 is 1.33 bits per heavy atom. The molecule has 1 aromatic heterocycles. The summed E-state index contributed by atoms with van der Waals surface area (Å²) in [5.41, 5.74) is 2.16. The number of hydrogen-bond acceptors (Lipinski definition) is 5. The number of hydrogen-bond donors (Lipinski definition) is 0. The minimum Gasteiger partial charge on any atom is -0.476 e. The van der Waals surface area contributed by atoms with Gasteiger partial charge in [0.1, 0.15) is 0 Å². The van der Waals surface area contributed by atoms with Crippen LogP contribution in [0.3, 0.4) is 0 Å². The minimum atomic E-state index is -0.177. The topological polar surface area (TPSA) is 64.8 Å². The van der Waals surface area contributed by atoms with Crippen LogP contribution in [0.25, 0.3) is 0 Å². The fraction of sp³-hybridized carbons (Fsp3) is 0.444. The van der Waals surface area contributed by atoms with Gasteiger partial charge in [-0.25, -0.2) is 0 Å². The lowest BCUT2D eigenvalue weighted by Crippen LogP contribution is -2.40. The van der Waals surface area contributed by atoms with Gasteiger partial charge in [0.2, 0.25) is 5.76 Å². The lowest BCUT2D eigenvalue weighted by Gasteiger charge is -2.34. The molecule has 6 nitrogen and oxygen atoms in total. The SMILES string of the molecule is CCOc1cc(C(=O)N2CC3(CCOCC3)c3ccccc32)on1. The van der Waals surface area contributed by atoms with Gasteiger partial charge >= 0.3 is 0 Å². The molecule has 1 saturated heterocycles. The molecule has 1 amide bonds. The van der Waals surface area contributed by atoms with Gasteiger partial charge in [0, 0.05) is 30.9 Å². The second-order valence-corrected chi connectivity index (χ2v) is 6.26. The Labute approximate surface area is 140 Å². The number of fused-ring (bicyclic) bond motifs is 2. The van der Waals surface area contributed by atoms with Gasteiger partial charge in [0.25, 0.3) is 11.8 Å². The summed E-state index contributed by atoms with van der Waals surface area (Å²) in [5.74, 6) is 0.371. The average molecular weight is 328 g/mol. The van der Waals surface area contributed by atoms with Gasteiger partial charge in [-0.05, 0) is 36.6 Å². The zero-order chi connectivity index (χ0) is 16.6. The normalized spacial score (nSPS) is 18.6. The third-order valence-electron chi connectivity index (χ3n) is 4.91. The number of anilines is 1. The summed E-state index contributed by atoms with van der Waals surface area (Å²) < 4.78 is 16.0. The molecule has 2 aliphatic heterocycles. The van der Waals surface area contributed by atoms with Crippen molar-refractivity contribution in [3.8, 4) is 5.88 Å². The Bertz CT molecular complexity index is 749. The standard InChI is InChI=1S/C18H20N2O4/c1-2-23-16-11-15(24-19-16)17(21)20-12-18(7-9-22-10-8-18)13-5-3-4-6-14(13)20/h3-6,11H,2,7-10,12H2,1H3. The molecule has 2 aliphatic rings. The van der Waals surface area contributed by atoms with Crippen LogP contribution in [0, 0.1) is 0 Å². The molecule has 1 fully saturated rings. The van der Waals surface area contributed by atoms with Crippen LogP contribution < -0.4 is 9.64 Å². The molecule has 0 aliphatic carbocycles. The Morgan fingerprint density at radius 3 is 2.92 bits per heavy atom. The van der Waals surface area contributed by atoms with Crippen LogP contribution in [0.1, 0.15) is 35.9 Å². The molecular weight excluding hydrogens is 308 g/mol. The Morgan fingerprint density at radius 2 is 2.12 bits per heavy atom. The second kappa shape index (κ2) is 5.94. The summed E-state index contributed by atoms with van der Waals surface area (Å²) in [6.45, 7) is 4.46. The molecule has 0 N–H and O–H groups in total. The highest BCUT2D eigenvalue weighted by molar-refractivity contribution is 6.06. The van der Waals surface area contributed by atoms with Crippen LogP contribution >= 0.6 is 0 Å². The van der Waals surface area contributed by atoms with E-state index in [9.17, 15) is 4.79 Å². The lowest BCUT2D eigenvalue weighted by atomic mass is 9.76. The summed E-state index contributed by atoms with van der Waals surface area (Å²) in [7, 11) is 0. The molecule has 0 atom stereocenters. The van der Waals surface area contributed by atoms with E-state index < -0.39 is 0 Å². The summed E-state index contributed by atoms with van der Waals surface area (Å²) in [6.07, 6.45) is 1.85. The van der Waals surface area contributed by atoms with Crippen molar-refractivity contribution in [3.05, 3.63) is 41.7 Å². The number of aromatic nitrogens is 1. The van der Waals surface area contributed by atoms with E-state index in [4.69, 9.17) is 14.0 Å². The van der Waals surface area contributed by atoms with E-state index in [1.165, 1.54) is 5.56 Å². The van der Waals surface area contributed by atoms with Crippen molar-refractivity contribution in [2.24, 2.45) is 0 Å². The molecule has 0 bridgehead atoms. The maximum absolute atomic E-state index is 13.0. The van der Waals surface area contributed by atoms with Crippen LogP contribution in [-0.2, 0) is 10.2 Å². The highest BCUT2D eigenvalue weighted by Crippen LogP contribution is 2.47. The maximum atomic E-state index is 13.0. The molecule has 1 spiro atoms. The van der Waals surface area contributed by atoms with E-state index in [0.29, 0.717) is 19.0 Å². The first kappa shape index (κ1) is 15.2. The van der Waals surface area contributed by atoms with E-state index in [-0.39, 0.29) is 17.1 Å². The summed E-state index contributed by atoms with van der Waals surface area (Å²) >= 11 is 0. The van der Waals surface area contributed by atoms with Crippen LogP contribution in [-0.4, -0.2) is 37.4 Å². The quantitative estimate of drug-likeness (QED) is 0.867. The summed E-state index contributed by atoms with van der Waals surface area (Å²) in [6, 6.07) is 9.68. The van der Waals surface area contributed by atoms with Crippen LogP contribution in [0.2, 0.25) is 0 Å². The van der Waals surface area contributed by atoms with E-state index in [1.807, 2.05) is 25.1 Å². The first-order valence-corrected chi connectivity index (χ1v) is 8.32. The van der Waals surface area contributed by atoms with E-state index in [1.54, 1.807) is 11.0 Å². The monoisotopic (exact) mass is 328 g/mol. The Hall–Kier alpha value is -2.34. The predicted octanol–water partition coefficient (Wildman–Crippen LogP) is 2.78. The van der Waals surface area contributed by atoms with E-state index in [0.717, 1.165) is 31.7 Å². The highest BCUT2D eigenvalue weighted by Gasteiger charge is 2.46. The minimum absolute atomic E-state index is 0.0206. The number of carbonyl (C=O) groups excluding carboxylic acids is 1. The first-order chi connectivity index (χ1) is 11.7. The molecule has 6 heteroatoms. The number of benzene rings is 1. The van der Waals surface area contributed by atoms with Gasteiger partial charge in [-0.1, -0.05) is 18.2 Å². The van der Waals surface area contributed by atoms with Crippen molar-refractivity contribution in [1.82, 2.24) is 5.16 Å². The van der Waals surface area contributed by atoms with Gasteiger partial charge < -0.3 is 18.9 Å². The van der Waals surface area contributed by atoms with Gasteiger partial charge in [0.15, 0.2) is 0 Å². The third kappa shape index (κ3) is 2.38. The largest absolute Gasteiger partial charge is 0.476 e. The Balaban J connectivity index is 1.67. The zero-order valence-electron chi connectivity index (χ0n) is 13.7.